The van der Waals surface area contributed by atoms with Crippen LogP contribution in [0.1, 0.15) is 34.3 Å². The lowest BCUT2D eigenvalue weighted by Crippen LogP contribution is -2.28. The maximum Gasteiger partial charge on any atom is 0.255 e. The summed E-state index contributed by atoms with van der Waals surface area (Å²) in [7, 11) is 0. The van der Waals surface area contributed by atoms with Gasteiger partial charge in [0.25, 0.3) is 5.91 Å². The Kier molecular flexibility index (Phi) is 4.61. The van der Waals surface area contributed by atoms with Crippen LogP contribution in [-0.4, -0.2) is 22.6 Å². The Morgan fingerprint density at radius 1 is 1.08 bits per heavy atom. The number of carbonyl (C=O) groups is 3. The molecule has 0 saturated carbocycles. The fourth-order valence-corrected chi connectivity index (χ4v) is 2.67. The molecular formula is C19H17FN2O3. The van der Waals surface area contributed by atoms with E-state index in [2.05, 4.69) is 5.32 Å². The van der Waals surface area contributed by atoms with Gasteiger partial charge in [0.15, 0.2) is 0 Å². The summed E-state index contributed by atoms with van der Waals surface area (Å²) in [4.78, 5) is 36.8. The number of hydrogen-bond donors (Lipinski definition) is 1. The Labute approximate surface area is 144 Å². The third-order valence-corrected chi connectivity index (χ3v) is 4.16. The van der Waals surface area contributed by atoms with Crippen LogP contribution < -0.4 is 5.32 Å². The Morgan fingerprint density at radius 2 is 1.72 bits per heavy atom. The monoisotopic (exact) mass is 340 g/mol. The zero-order valence-corrected chi connectivity index (χ0v) is 13.7. The molecule has 6 heteroatoms. The lowest BCUT2D eigenvalue weighted by atomic mass is 10.1. The number of likely N-dealkylation sites (tertiary alicyclic amines) is 1. The van der Waals surface area contributed by atoms with Crippen LogP contribution in [0.5, 0.6) is 0 Å². The van der Waals surface area contributed by atoms with Crippen LogP contribution in [0.25, 0.3) is 0 Å². The van der Waals surface area contributed by atoms with Gasteiger partial charge in [-0.3, -0.25) is 19.3 Å². The first-order chi connectivity index (χ1) is 11.9. The maximum atomic E-state index is 13.3. The number of hydrogen-bond acceptors (Lipinski definition) is 3. The van der Waals surface area contributed by atoms with Crippen molar-refractivity contribution in [1.82, 2.24) is 4.90 Å². The molecule has 1 fully saturated rings. The molecule has 1 saturated heterocycles. The Balaban J connectivity index is 1.69. The van der Waals surface area contributed by atoms with Crippen molar-refractivity contribution in [1.29, 1.82) is 0 Å². The number of aryl methyl sites for hydroxylation is 1. The Hall–Kier alpha value is -3.02. The van der Waals surface area contributed by atoms with E-state index in [1.54, 1.807) is 37.3 Å². The highest BCUT2D eigenvalue weighted by atomic mass is 19.1. The van der Waals surface area contributed by atoms with Gasteiger partial charge in [-0.2, -0.15) is 0 Å². The van der Waals surface area contributed by atoms with E-state index in [4.69, 9.17) is 0 Å². The first-order valence-corrected chi connectivity index (χ1v) is 7.93. The molecule has 0 atom stereocenters. The van der Waals surface area contributed by atoms with Gasteiger partial charge in [-0.25, -0.2) is 4.39 Å². The molecule has 0 radical (unpaired) electrons. The molecule has 0 bridgehead atoms. The molecule has 0 unspecified atom stereocenters. The van der Waals surface area contributed by atoms with Gasteiger partial charge in [-0.05, 0) is 42.3 Å². The molecule has 1 heterocycles. The van der Waals surface area contributed by atoms with E-state index in [1.807, 2.05) is 0 Å². The third kappa shape index (κ3) is 3.74. The van der Waals surface area contributed by atoms with Gasteiger partial charge in [0.05, 0.1) is 6.54 Å². The van der Waals surface area contributed by atoms with E-state index in [1.165, 1.54) is 17.0 Å². The fraction of sp³-hybridized carbons (Fsp3) is 0.211. The van der Waals surface area contributed by atoms with Crippen LogP contribution in [0.2, 0.25) is 0 Å². The summed E-state index contributed by atoms with van der Waals surface area (Å²) in [6, 6.07) is 10.8. The van der Waals surface area contributed by atoms with Gasteiger partial charge in [-0.15, -0.1) is 0 Å². The lowest BCUT2D eigenvalue weighted by Gasteiger charge is -2.14. The van der Waals surface area contributed by atoms with Gasteiger partial charge >= 0.3 is 0 Å². The topological polar surface area (TPSA) is 66.5 Å². The number of carbonyl (C=O) groups excluding carboxylic acids is 3. The summed E-state index contributed by atoms with van der Waals surface area (Å²) >= 11 is 0. The quantitative estimate of drug-likeness (QED) is 0.870. The highest BCUT2D eigenvalue weighted by Gasteiger charge is 2.28. The first kappa shape index (κ1) is 16.8. The second-order valence-electron chi connectivity index (χ2n) is 5.98. The molecule has 0 aromatic heterocycles. The second kappa shape index (κ2) is 6.84. The van der Waals surface area contributed by atoms with Crippen molar-refractivity contribution in [2.45, 2.75) is 26.3 Å². The van der Waals surface area contributed by atoms with Crippen LogP contribution in [0.3, 0.4) is 0 Å². The largest absolute Gasteiger partial charge is 0.322 e. The van der Waals surface area contributed by atoms with Crippen LogP contribution in [0.4, 0.5) is 10.1 Å². The normalized spacial score (nSPS) is 14.1. The summed E-state index contributed by atoms with van der Waals surface area (Å²) in [5.74, 6) is -1.12. The molecular weight excluding hydrogens is 323 g/mol. The third-order valence-electron chi connectivity index (χ3n) is 4.16. The predicted octanol–water partition coefficient (Wildman–Crippen LogP) is 3.04. The van der Waals surface area contributed by atoms with Crippen LogP contribution >= 0.6 is 0 Å². The fourth-order valence-electron chi connectivity index (χ4n) is 2.67. The summed E-state index contributed by atoms with van der Waals surface area (Å²) < 4.78 is 13.3. The number of nitrogens with zero attached hydrogens (tertiary/aromatic N) is 1. The molecule has 0 spiro atoms. The van der Waals surface area contributed by atoms with Crippen LogP contribution in [0, 0.1) is 12.7 Å². The predicted molar refractivity (Wildman–Crippen MR) is 90.3 cm³/mol. The van der Waals surface area contributed by atoms with Crippen LogP contribution in [-0.2, 0) is 16.1 Å². The number of imide groups is 1. The minimum atomic E-state index is -0.420. The molecule has 3 amide bonds. The average molecular weight is 340 g/mol. The van der Waals surface area contributed by atoms with Crippen molar-refractivity contribution >= 4 is 23.4 Å². The van der Waals surface area contributed by atoms with E-state index in [0.717, 1.165) is 11.1 Å². The maximum absolute atomic E-state index is 13.3. The second-order valence-corrected chi connectivity index (χ2v) is 5.98. The molecule has 1 aliphatic rings. The van der Waals surface area contributed by atoms with Crippen molar-refractivity contribution < 1.29 is 18.8 Å². The number of halogens is 1. The van der Waals surface area contributed by atoms with Crippen molar-refractivity contribution in [2.75, 3.05) is 5.32 Å². The summed E-state index contributed by atoms with van der Waals surface area (Å²) in [6.07, 6.45) is 0.513. The summed E-state index contributed by atoms with van der Waals surface area (Å²) in [5.41, 5.74) is 2.35. The standard InChI is InChI=1S/C19H17FN2O3/c1-12-2-7-15(20)10-16(12)21-19(25)14-5-3-13(4-6-14)11-22-17(23)8-9-18(22)24/h2-7,10H,8-9,11H2,1H3,(H,21,25). The van der Waals surface area contributed by atoms with Crippen molar-refractivity contribution in [3.05, 3.63) is 65.0 Å². The lowest BCUT2D eigenvalue weighted by molar-refractivity contribution is -0.139. The average Bonchev–Trinajstić information content (AvgIpc) is 2.91. The van der Waals surface area contributed by atoms with Gasteiger partial charge in [0, 0.05) is 24.1 Å². The molecule has 3 rings (SSSR count). The molecule has 1 N–H and O–H groups in total. The molecule has 0 aliphatic carbocycles. The minimum Gasteiger partial charge on any atom is -0.322 e. The van der Waals surface area contributed by atoms with Crippen molar-refractivity contribution in [3.63, 3.8) is 0 Å². The Bertz CT molecular complexity index is 830. The number of amides is 3. The zero-order valence-electron chi connectivity index (χ0n) is 13.7. The molecule has 5 nitrogen and oxygen atoms in total. The van der Waals surface area contributed by atoms with Crippen molar-refractivity contribution in [3.8, 4) is 0 Å². The van der Waals surface area contributed by atoms with E-state index in [-0.39, 0.29) is 37.1 Å². The molecule has 2 aromatic carbocycles. The van der Waals surface area contributed by atoms with Crippen molar-refractivity contribution in [2.24, 2.45) is 0 Å². The van der Waals surface area contributed by atoms with Gasteiger partial charge in [-0.1, -0.05) is 18.2 Å². The minimum absolute atomic E-state index is 0.173. The SMILES string of the molecule is Cc1ccc(F)cc1NC(=O)c1ccc(CN2C(=O)CCC2=O)cc1. The van der Waals surface area contributed by atoms with Gasteiger partial charge in [0.2, 0.25) is 11.8 Å². The highest BCUT2D eigenvalue weighted by Crippen LogP contribution is 2.19. The van der Waals surface area contributed by atoms with E-state index < -0.39 is 5.82 Å². The van der Waals surface area contributed by atoms with Gasteiger partial charge < -0.3 is 5.32 Å². The summed E-state index contributed by atoms with van der Waals surface area (Å²) in [5, 5.41) is 2.68. The van der Waals surface area contributed by atoms with Crippen LogP contribution in [0.15, 0.2) is 42.5 Å². The molecule has 2 aromatic rings. The van der Waals surface area contributed by atoms with E-state index in [0.29, 0.717) is 11.3 Å². The number of anilines is 1. The van der Waals surface area contributed by atoms with Gasteiger partial charge in [0.1, 0.15) is 5.82 Å². The van der Waals surface area contributed by atoms with E-state index in [9.17, 15) is 18.8 Å². The summed E-state index contributed by atoms with van der Waals surface area (Å²) in [6.45, 7) is 1.99. The first-order valence-electron chi connectivity index (χ1n) is 7.93. The highest BCUT2D eigenvalue weighted by molar-refractivity contribution is 6.04. The van der Waals surface area contributed by atoms with E-state index >= 15 is 0 Å². The Morgan fingerprint density at radius 3 is 2.36 bits per heavy atom. The number of rotatable bonds is 4. The smallest absolute Gasteiger partial charge is 0.255 e. The number of benzene rings is 2. The number of nitrogens with one attached hydrogen (secondary N) is 1. The molecule has 1 aliphatic heterocycles. The molecule has 128 valence electrons. The molecule has 25 heavy (non-hydrogen) atoms. The zero-order chi connectivity index (χ0) is 18.0.